The first-order chi connectivity index (χ1) is 9.29. The van der Waals surface area contributed by atoms with Gasteiger partial charge in [0.15, 0.2) is 0 Å². The molecular formula is C17H15NO. The lowest BCUT2D eigenvalue weighted by Crippen LogP contribution is -1.91. The van der Waals surface area contributed by atoms with E-state index in [1.54, 1.807) is 6.20 Å². The molecule has 3 aromatic rings. The predicted molar refractivity (Wildman–Crippen MR) is 77.8 cm³/mol. The monoisotopic (exact) mass is 249 g/mol. The molecular weight excluding hydrogens is 234 g/mol. The molecule has 2 heteroatoms. The van der Waals surface area contributed by atoms with Crippen LogP contribution in [0, 0.1) is 6.92 Å². The molecule has 0 atom stereocenters. The zero-order valence-electron chi connectivity index (χ0n) is 10.8. The van der Waals surface area contributed by atoms with Crippen LogP contribution in [0.4, 0.5) is 0 Å². The van der Waals surface area contributed by atoms with Crippen LogP contribution in [-0.2, 0) is 6.61 Å². The standard InChI is InChI=1S/C17H15NO/c1-12-15(11-19)3-2-4-17(12)14-6-5-13-7-8-18-10-16(13)9-14/h2-10,19H,11H2,1H3. The molecule has 0 amide bonds. The quantitative estimate of drug-likeness (QED) is 0.751. The smallest absolute Gasteiger partial charge is 0.0684 e. The van der Waals surface area contributed by atoms with Crippen molar-refractivity contribution >= 4 is 10.8 Å². The Kier molecular flexibility index (Phi) is 3.02. The van der Waals surface area contributed by atoms with Crippen molar-refractivity contribution in [3.8, 4) is 11.1 Å². The average Bonchev–Trinajstić information content (AvgIpc) is 2.47. The van der Waals surface area contributed by atoms with Crippen LogP contribution >= 0.6 is 0 Å². The number of hydrogen-bond donors (Lipinski definition) is 1. The Hall–Kier alpha value is -2.19. The molecule has 0 unspecified atom stereocenters. The molecule has 1 aromatic heterocycles. The third-order valence-electron chi connectivity index (χ3n) is 3.57. The van der Waals surface area contributed by atoms with Crippen molar-refractivity contribution in [1.29, 1.82) is 0 Å². The molecule has 0 aliphatic rings. The SMILES string of the molecule is Cc1c(CO)cccc1-c1ccc2ccncc2c1. The summed E-state index contributed by atoms with van der Waals surface area (Å²) in [4.78, 5) is 4.16. The van der Waals surface area contributed by atoms with E-state index >= 15 is 0 Å². The molecule has 0 aliphatic heterocycles. The first kappa shape index (κ1) is 11.9. The minimum Gasteiger partial charge on any atom is -0.392 e. The summed E-state index contributed by atoms with van der Waals surface area (Å²) in [5.41, 5.74) is 4.43. The summed E-state index contributed by atoms with van der Waals surface area (Å²) in [6, 6.07) is 14.4. The van der Waals surface area contributed by atoms with Crippen LogP contribution < -0.4 is 0 Å². The topological polar surface area (TPSA) is 33.1 Å². The van der Waals surface area contributed by atoms with Crippen LogP contribution in [0.15, 0.2) is 54.9 Å². The van der Waals surface area contributed by atoms with E-state index in [0.29, 0.717) is 0 Å². The van der Waals surface area contributed by atoms with Gasteiger partial charge in [-0.15, -0.1) is 0 Å². The molecule has 0 bridgehead atoms. The molecule has 0 fully saturated rings. The molecule has 1 N–H and O–H groups in total. The van der Waals surface area contributed by atoms with Gasteiger partial charge in [-0.25, -0.2) is 0 Å². The second-order valence-corrected chi connectivity index (χ2v) is 4.69. The fraction of sp³-hybridized carbons (Fsp3) is 0.118. The molecule has 19 heavy (non-hydrogen) atoms. The minimum atomic E-state index is 0.0782. The van der Waals surface area contributed by atoms with Gasteiger partial charge in [0.25, 0.3) is 0 Å². The van der Waals surface area contributed by atoms with E-state index in [9.17, 15) is 5.11 Å². The number of fused-ring (bicyclic) bond motifs is 1. The van der Waals surface area contributed by atoms with Crippen molar-refractivity contribution in [2.24, 2.45) is 0 Å². The third-order valence-corrected chi connectivity index (χ3v) is 3.57. The number of benzene rings is 2. The van der Waals surface area contributed by atoms with Gasteiger partial charge in [0.2, 0.25) is 0 Å². The number of aliphatic hydroxyl groups is 1. The molecule has 0 radical (unpaired) electrons. The highest BCUT2D eigenvalue weighted by atomic mass is 16.3. The summed E-state index contributed by atoms with van der Waals surface area (Å²) in [7, 11) is 0. The molecule has 94 valence electrons. The maximum Gasteiger partial charge on any atom is 0.0684 e. The molecule has 0 aliphatic carbocycles. The zero-order valence-corrected chi connectivity index (χ0v) is 10.8. The van der Waals surface area contributed by atoms with Crippen LogP contribution in [0.1, 0.15) is 11.1 Å². The normalized spacial score (nSPS) is 10.8. The van der Waals surface area contributed by atoms with Gasteiger partial charge in [0.05, 0.1) is 6.61 Å². The van der Waals surface area contributed by atoms with Crippen molar-refractivity contribution in [2.75, 3.05) is 0 Å². The highest BCUT2D eigenvalue weighted by Gasteiger charge is 2.06. The van der Waals surface area contributed by atoms with Gasteiger partial charge in [-0.3, -0.25) is 4.98 Å². The lowest BCUT2D eigenvalue weighted by molar-refractivity contribution is 0.281. The number of aliphatic hydroxyl groups excluding tert-OH is 1. The van der Waals surface area contributed by atoms with Gasteiger partial charge in [0.1, 0.15) is 0 Å². The number of nitrogens with zero attached hydrogens (tertiary/aromatic N) is 1. The van der Waals surface area contributed by atoms with Gasteiger partial charge in [-0.2, -0.15) is 0 Å². The van der Waals surface area contributed by atoms with Gasteiger partial charge in [0, 0.05) is 17.8 Å². The van der Waals surface area contributed by atoms with E-state index < -0.39 is 0 Å². The maximum absolute atomic E-state index is 9.35. The Balaban J connectivity index is 2.19. The van der Waals surface area contributed by atoms with E-state index in [-0.39, 0.29) is 6.61 Å². The fourth-order valence-electron chi connectivity index (χ4n) is 2.42. The van der Waals surface area contributed by atoms with Gasteiger partial charge < -0.3 is 5.11 Å². The van der Waals surface area contributed by atoms with E-state index in [1.807, 2.05) is 31.3 Å². The number of pyridine rings is 1. The molecule has 2 aromatic carbocycles. The summed E-state index contributed by atoms with van der Waals surface area (Å²) in [5.74, 6) is 0. The van der Waals surface area contributed by atoms with Crippen molar-refractivity contribution in [1.82, 2.24) is 4.98 Å². The van der Waals surface area contributed by atoms with Crippen LogP contribution in [0.25, 0.3) is 21.9 Å². The largest absolute Gasteiger partial charge is 0.392 e. The second kappa shape index (κ2) is 4.82. The zero-order chi connectivity index (χ0) is 13.2. The fourth-order valence-corrected chi connectivity index (χ4v) is 2.42. The Morgan fingerprint density at radius 3 is 2.79 bits per heavy atom. The number of hydrogen-bond acceptors (Lipinski definition) is 2. The van der Waals surface area contributed by atoms with E-state index in [2.05, 4.69) is 29.2 Å². The van der Waals surface area contributed by atoms with E-state index in [1.165, 1.54) is 5.39 Å². The van der Waals surface area contributed by atoms with Crippen molar-refractivity contribution in [2.45, 2.75) is 13.5 Å². The lowest BCUT2D eigenvalue weighted by Gasteiger charge is -2.10. The molecule has 3 rings (SSSR count). The Morgan fingerprint density at radius 2 is 1.95 bits per heavy atom. The lowest BCUT2D eigenvalue weighted by atomic mass is 9.95. The number of rotatable bonds is 2. The number of aromatic nitrogens is 1. The Morgan fingerprint density at radius 1 is 1.05 bits per heavy atom. The highest BCUT2D eigenvalue weighted by Crippen LogP contribution is 2.28. The van der Waals surface area contributed by atoms with E-state index in [4.69, 9.17) is 0 Å². The molecule has 2 nitrogen and oxygen atoms in total. The van der Waals surface area contributed by atoms with Crippen molar-refractivity contribution in [3.63, 3.8) is 0 Å². The average molecular weight is 249 g/mol. The van der Waals surface area contributed by atoms with Crippen molar-refractivity contribution < 1.29 is 5.11 Å². The maximum atomic E-state index is 9.35. The van der Waals surface area contributed by atoms with Gasteiger partial charge >= 0.3 is 0 Å². The van der Waals surface area contributed by atoms with Crippen LogP contribution in [0.3, 0.4) is 0 Å². The summed E-state index contributed by atoms with van der Waals surface area (Å²) in [5, 5.41) is 11.7. The second-order valence-electron chi connectivity index (χ2n) is 4.69. The first-order valence-electron chi connectivity index (χ1n) is 6.33. The molecule has 0 saturated carbocycles. The summed E-state index contributed by atoms with van der Waals surface area (Å²) >= 11 is 0. The summed E-state index contributed by atoms with van der Waals surface area (Å²) < 4.78 is 0. The first-order valence-corrected chi connectivity index (χ1v) is 6.33. The van der Waals surface area contributed by atoms with Crippen LogP contribution in [-0.4, -0.2) is 10.1 Å². The molecule has 0 spiro atoms. The van der Waals surface area contributed by atoms with Gasteiger partial charge in [-0.05, 0) is 46.7 Å². The predicted octanol–water partition coefficient (Wildman–Crippen LogP) is 3.70. The van der Waals surface area contributed by atoms with Crippen LogP contribution in [0.5, 0.6) is 0 Å². The van der Waals surface area contributed by atoms with Gasteiger partial charge in [-0.1, -0.05) is 30.3 Å². The van der Waals surface area contributed by atoms with Crippen molar-refractivity contribution in [3.05, 3.63) is 66.0 Å². The minimum absolute atomic E-state index is 0.0782. The molecule has 1 heterocycles. The summed E-state index contributed by atoms with van der Waals surface area (Å²) in [6.07, 6.45) is 3.68. The highest BCUT2D eigenvalue weighted by molar-refractivity contribution is 5.87. The summed E-state index contributed by atoms with van der Waals surface area (Å²) in [6.45, 7) is 2.13. The van der Waals surface area contributed by atoms with Crippen LogP contribution in [0.2, 0.25) is 0 Å². The Bertz CT molecular complexity index is 734. The van der Waals surface area contributed by atoms with E-state index in [0.717, 1.165) is 27.6 Å². The third kappa shape index (κ3) is 2.11. The Labute approximate surface area is 112 Å². The molecule has 0 saturated heterocycles.